The Morgan fingerprint density at radius 3 is 2.70 bits per heavy atom. The molecule has 5 heteroatoms. The van der Waals surface area contributed by atoms with Gasteiger partial charge in [0.2, 0.25) is 5.95 Å². The summed E-state index contributed by atoms with van der Waals surface area (Å²) in [7, 11) is 0. The summed E-state index contributed by atoms with van der Waals surface area (Å²) in [6, 6.07) is 10.4. The molecule has 1 aliphatic rings. The maximum Gasteiger partial charge on any atom is 0.224 e. The van der Waals surface area contributed by atoms with Crippen molar-refractivity contribution in [3.05, 3.63) is 47.1 Å². The molecule has 1 aromatic heterocycles. The second-order valence-electron chi connectivity index (χ2n) is 4.99. The van der Waals surface area contributed by atoms with Gasteiger partial charge in [-0.05, 0) is 43.0 Å². The summed E-state index contributed by atoms with van der Waals surface area (Å²) in [4.78, 5) is 8.66. The summed E-state index contributed by atoms with van der Waals surface area (Å²) in [6.07, 6.45) is 5.16. The molecule has 1 saturated carbocycles. The van der Waals surface area contributed by atoms with Gasteiger partial charge in [-0.2, -0.15) is 4.98 Å². The highest BCUT2D eigenvalue weighted by Gasteiger charge is 2.21. The third kappa shape index (κ3) is 3.84. The van der Waals surface area contributed by atoms with Gasteiger partial charge >= 0.3 is 0 Å². The Morgan fingerprint density at radius 2 is 1.95 bits per heavy atom. The summed E-state index contributed by atoms with van der Waals surface area (Å²) >= 11 is 5.87. The smallest absolute Gasteiger partial charge is 0.224 e. The molecule has 1 heterocycles. The Kier molecular flexibility index (Phi) is 4.02. The maximum absolute atomic E-state index is 5.87. The van der Waals surface area contributed by atoms with Crippen molar-refractivity contribution in [1.82, 2.24) is 9.97 Å². The van der Waals surface area contributed by atoms with Gasteiger partial charge in [-0.25, -0.2) is 4.98 Å². The van der Waals surface area contributed by atoms with E-state index in [0.29, 0.717) is 12.0 Å². The Morgan fingerprint density at radius 1 is 1.15 bits per heavy atom. The predicted molar refractivity (Wildman–Crippen MR) is 82.3 cm³/mol. The Bertz CT molecular complexity index is 566. The van der Waals surface area contributed by atoms with E-state index in [1.807, 2.05) is 30.3 Å². The first-order chi connectivity index (χ1) is 9.79. The second-order valence-corrected chi connectivity index (χ2v) is 5.42. The highest BCUT2D eigenvalue weighted by atomic mass is 35.5. The molecule has 0 saturated heterocycles. The van der Waals surface area contributed by atoms with E-state index in [1.54, 1.807) is 6.20 Å². The molecule has 104 valence electrons. The van der Waals surface area contributed by atoms with E-state index in [4.69, 9.17) is 11.6 Å². The van der Waals surface area contributed by atoms with Crippen molar-refractivity contribution in [2.24, 2.45) is 0 Å². The molecule has 0 radical (unpaired) electrons. The van der Waals surface area contributed by atoms with Crippen molar-refractivity contribution in [3.8, 4) is 0 Å². The van der Waals surface area contributed by atoms with Crippen LogP contribution in [0.2, 0.25) is 5.02 Å². The number of nitrogens with zero attached hydrogens (tertiary/aromatic N) is 2. The lowest BCUT2D eigenvalue weighted by Gasteiger charge is -2.08. The number of halogens is 1. The van der Waals surface area contributed by atoms with Crippen LogP contribution in [-0.2, 0) is 6.42 Å². The van der Waals surface area contributed by atoms with Gasteiger partial charge in [0.1, 0.15) is 5.82 Å². The molecule has 0 bridgehead atoms. The Hall–Kier alpha value is -1.81. The molecule has 0 atom stereocenters. The van der Waals surface area contributed by atoms with Gasteiger partial charge in [0.05, 0.1) is 0 Å². The average Bonchev–Trinajstić information content (AvgIpc) is 3.26. The van der Waals surface area contributed by atoms with Crippen LogP contribution in [0.15, 0.2) is 36.5 Å². The molecule has 0 unspecified atom stereocenters. The van der Waals surface area contributed by atoms with Crippen LogP contribution >= 0.6 is 11.6 Å². The number of nitrogens with one attached hydrogen (secondary N) is 2. The molecular formula is C15H17ClN4. The number of benzene rings is 1. The van der Waals surface area contributed by atoms with Gasteiger partial charge in [-0.15, -0.1) is 0 Å². The van der Waals surface area contributed by atoms with E-state index < -0.39 is 0 Å². The minimum absolute atomic E-state index is 0.569. The minimum atomic E-state index is 0.569. The van der Waals surface area contributed by atoms with Crippen molar-refractivity contribution in [1.29, 1.82) is 0 Å². The first-order valence-electron chi connectivity index (χ1n) is 6.87. The molecule has 4 nitrogen and oxygen atoms in total. The minimum Gasteiger partial charge on any atom is -0.370 e. The van der Waals surface area contributed by atoms with E-state index in [1.165, 1.54) is 18.4 Å². The lowest BCUT2D eigenvalue weighted by atomic mass is 10.1. The van der Waals surface area contributed by atoms with Gasteiger partial charge in [0.25, 0.3) is 0 Å². The van der Waals surface area contributed by atoms with E-state index in [2.05, 4.69) is 20.6 Å². The van der Waals surface area contributed by atoms with Crippen LogP contribution in [-0.4, -0.2) is 22.6 Å². The highest BCUT2D eigenvalue weighted by molar-refractivity contribution is 6.30. The monoisotopic (exact) mass is 288 g/mol. The fraction of sp³-hybridized carbons (Fsp3) is 0.333. The molecule has 1 aromatic carbocycles. The first-order valence-corrected chi connectivity index (χ1v) is 7.25. The lowest BCUT2D eigenvalue weighted by Crippen LogP contribution is -2.09. The molecule has 1 fully saturated rings. The molecule has 0 spiro atoms. The lowest BCUT2D eigenvalue weighted by molar-refractivity contribution is 0.991. The third-order valence-electron chi connectivity index (χ3n) is 3.20. The van der Waals surface area contributed by atoms with Crippen molar-refractivity contribution in [2.75, 3.05) is 17.2 Å². The van der Waals surface area contributed by atoms with Crippen molar-refractivity contribution >= 4 is 23.4 Å². The molecule has 3 rings (SSSR count). The number of hydrogen-bond acceptors (Lipinski definition) is 4. The second kappa shape index (κ2) is 6.09. The summed E-state index contributed by atoms with van der Waals surface area (Å²) in [5.74, 6) is 1.57. The van der Waals surface area contributed by atoms with Crippen LogP contribution in [0.3, 0.4) is 0 Å². The van der Waals surface area contributed by atoms with Crippen LogP contribution in [0.4, 0.5) is 11.8 Å². The maximum atomic E-state index is 5.87. The Balaban J connectivity index is 1.51. The zero-order valence-corrected chi connectivity index (χ0v) is 11.9. The quantitative estimate of drug-likeness (QED) is 0.856. The molecule has 1 aliphatic carbocycles. The molecule has 2 N–H and O–H groups in total. The molecule has 0 amide bonds. The average molecular weight is 289 g/mol. The first kappa shape index (κ1) is 13.2. The molecular weight excluding hydrogens is 272 g/mol. The zero-order chi connectivity index (χ0) is 13.8. The van der Waals surface area contributed by atoms with Gasteiger partial charge in [0.15, 0.2) is 0 Å². The highest BCUT2D eigenvalue weighted by Crippen LogP contribution is 2.23. The number of hydrogen-bond donors (Lipinski definition) is 2. The summed E-state index contributed by atoms with van der Waals surface area (Å²) in [6.45, 7) is 0.835. The Labute approximate surface area is 123 Å². The fourth-order valence-corrected chi connectivity index (χ4v) is 2.05. The summed E-state index contributed by atoms with van der Waals surface area (Å²) < 4.78 is 0. The van der Waals surface area contributed by atoms with Crippen LogP contribution in [0, 0.1) is 0 Å². The van der Waals surface area contributed by atoms with Crippen LogP contribution in [0.1, 0.15) is 18.4 Å². The van der Waals surface area contributed by atoms with Crippen LogP contribution in [0.25, 0.3) is 0 Å². The normalized spacial score (nSPS) is 14.1. The molecule has 20 heavy (non-hydrogen) atoms. The van der Waals surface area contributed by atoms with Gasteiger partial charge in [-0.1, -0.05) is 23.7 Å². The van der Waals surface area contributed by atoms with E-state index >= 15 is 0 Å². The zero-order valence-electron chi connectivity index (χ0n) is 11.1. The largest absolute Gasteiger partial charge is 0.370 e. The number of anilines is 2. The fourth-order valence-electron chi connectivity index (χ4n) is 1.92. The predicted octanol–water partition coefficient (Wildman–Crippen LogP) is 3.36. The number of aromatic nitrogens is 2. The SMILES string of the molecule is Clc1ccc(CCNc2ccnc(NC3CC3)n2)cc1. The van der Waals surface area contributed by atoms with E-state index in [-0.39, 0.29) is 0 Å². The molecule has 2 aromatic rings. The van der Waals surface area contributed by atoms with Crippen molar-refractivity contribution in [3.63, 3.8) is 0 Å². The summed E-state index contributed by atoms with van der Waals surface area (Å²) in [5.41, 5.74) is 1.26. The number of rotatable bonds is 6. The van der Waals surface area contributed by atoms with Crippen LogP contribution < -0.4 is 10.6 Å². The van der Waals surface area contributed by atoms with Gasteiger partial charge in [-0.3, -0.25) is 0 Å². The summed E-state index contributed by atoms with van der Waals surface area (Å²) in [5, 5.41) is 7.38. The van der Waals surface area contributed by atoms with Crippen molar-refractivity contribution < 1.29 is 0 Å². The van der Waals surface area contributed by atoms with E-state index in [9.17, 15) is 0 Å². The standard InChI is InChI=1S/C15H17ClN4/c16-12-3-1-11(2-4-12)7-9-17-14-8-10-18-15(20-14)19-13-5-6-13/h1-4,8,10,13H,5-7,9H2,(H2,17,18,19,20). The van der Waals surface area contributed by atoms with Crippen molar-refractivity contribution in [2.45, 2.75) is 25.3 Å². The van der Waals surface area contributed by atoms with E-state index in [0.717, 1.165) is 23.8 Å². The third-order valence-corrected chi connectivity index (χ3v) is 3.45. The van der Waals surface area contributed by atoms with Gasteiger partial charge in [0, 0.05) is 23.8 Å². The topological polar surface area (TPSA) is 49.8 Å². The van der Waals surface area contributed by atoms with Crippen LogP contribution in [0.5, 0.6) is 0 Å². The van der Waals surface area contributed by atoms with Gasteiger partial charge < -0.3 is 10.6 Å². The molecule has 0 aliphatic heterocycles.